The van der Waals surface area contributed by atoms with Gasteiger partial charge in [0.1, 0.15) is 0 Å². The molecule has 1 aromatic rings. The van der Waals surface area contributed by atoms with Gasteiger partial charge in [0.05, 0.1) is 6.20 Å². The molecule has 0 radical (unpaired) electrons. The van der Waals surface area contributed by atoms with Gasteiger partial charge in [-0.2, -0.15) is 5.10 Å². The van der Waals surface area contributed by atoms with Crippen molar-refractivity contribution in [3.05, 3.63) is 23.5 Å². The van der Waals surface area contributed by atoms with Crippen LogP contribution < -0.4 is 0 Å². The fraction of sp³-hybridized carbons (Fsp3) is 0. The third kappa shape index (κ3) is 2.16. The summed E-state index contributed by atoms with van der Waals surface area (Å²) < 4.78 is 0. The first-order valence-corrected chi connectivity index (χ1v) is 3.29. The van der Waals surface area contributed by atoms with Gasteiger partial charge in [0.25, 0.3) is 0 Å². The van der Waals surface area contributed by atoms with E-state index in [0.717, 1.165) is 12.2 Å². The maximum Gasteiger partial charge on any atom is 0.354 e. The van der Waals surface area contributed by atoms with Gasteiger partial charge in [-0.15, -0.1) is 0 Å². The molecule has 0 aliphatic rings. The van der Waals surface area contributed by atoms with E-state index in [1.807, 2.05) is 0 Å². The summed E-state index contributed by atoms with van der Waals surface area (Å²) in [5.41, 5.74) is 0.104. The predicted molar refractivity (Wildman–Crippen MR) is 42.2 cm³/mol. The lowest BCUT2D eigenvalue weighted by Gasteiger charge is -1.88. The van der Waals surface area contributed by atoms with Crippen LogP contribution in [0.3, 0.4) is 0 Å². The van der Waals surface area contributed by atoms with Gasteiger partial charge in [-0.3, -0.25) is 5.10 Å². The highest BCUT2D eigenvalue weighted by atomic mass is 16.4. The molecule has 3 N–H and O–H groups in total. The van der Waals surface area contributed by atoms with Gasteiger partial charge >= 0.3 is 11.9 Å². The molecule has 0 unspecified atom stereocenters. The number of carboxylic acids is 2. The lowest BCUT2D eigenvalue weighted by molar-refractivity contribution is -0.131. The molecule has 1 heterocycles. The number of nitrogens with zero attached hydrogens (tertiary/aromatic N) is 1. The molecule has 0 fully saturated rings. The number of hydrogen-bond acceptors (Lipinski definition) is 3. The van der Waals surface area contributed by atoms with Crippen molar-refractivity contribution in [3.63, 3.8) is 0 Å². The molecule has 0 spiro atoms. The van der Waals surface area contributed by atoms with E-state index in [9.17, 15) is 9.59 Å². The van der Waals surface area contributed by atoms with Crippen LogP contribution in [0, 0.1) is 0 Å². The molecule has 6 nitrogen and oxygen atoms in total. The van der Waals surface area contributed by atoms with E-state index in [2.05, 4.69) is 10.2 Å². The molecule has 0 bridgehead atoms. The average Bonchev–Trinajstić information content (AvgIpc) is 2.47. The molecule has 0 aromatic carbocycles. The van der Waals surface area contributed by atoms with Crippen molar-refractivity contribution in [2.45, 2.75) is 0 Å². The summed E-state index contributed by atoms with van der Waals surface area (Å²) in [5, 5.41) is 22.6. The molecular formula is C7H6N2O4. The minimum atomic E-state index is -1.18. The Morgan fingerprint density at radius 2 is 2.15 bits per heavy atom. The van der Waals surface area contributed by atoms with E-state index in [-0.39, 0.29) is 11.3 Å². The number of aromatic amines is 1. The molecule has 0 amide bonds. The zero-order chi connectivity index (χ0) is 9.84. The van der Waals surface area contributed by atoms with E-state index in [1.165, 1.54) is 6.20 Å². The number of aromatic carboxylic acids is 1. The van der Waals surface area contributed by atoms with Gasteiger partial charge < -0.3 is 10.2 Å². The second kappa shape index (κ2) is 3.53. The number of aromatic nitrogens is 2. The molecule has 1 rings (SSSR count). The molecule has 0 atom stereocenters. The zero-order valence-corrected chi connectivity index (χ0v) is 6.39. The smallest absolute Gasteiger partial charge is 0.354 e. The van der Waals surface area contributed by atoms with Crippen molar-refractivity contribution in [1.82, 2.24) is 10.2 Å². The van der Waals surface area contributed by atoms with Crippen molar-refractivity contribution in [3.8, 4) is 0 Å². The standard InChI is InChI=1S/C7H6N2O4/c10-5(11)2-1-4-3-8-9-6(4)7(12)13/h1-3H,(H,8,9)(H,10,11)(H,12,13). The van der Waals surface area contributed by atoms with E-state index in [1.54, 1.807) is 0 Å². The van der Waals surface area contributed by atoms with E-state index >= 15 is 0 Å². The van der Waals surface area contributed by atoms with Crippen LogP contribution >= 0.6 is 0 Å². The van der Waals surface area contributed by atoms with E-state index in [4.69, 9.17) is 10.2 Å². The number of H-pyrrole nitrogens is 1. The lowest BCUT2D eigenvalue weighted by atomic mass is 10.2. The minimum Gasteiger partial charge on any atom is -0.478 e. The number of hydrogen-bond donors (Lipinski definition) is 3. The van der Waals surface area contributed by atoms with Crippen molar-refractivity contribution < 1.29 is 19.8 Å². The number of aliphatic carboxylic acids is 1. The largest absolute Gasteiger partial charge is 0.478 e. The van der Waals surface area contributed by atoms with Crippen molar-refractivity contribution >= 4 is 18.0 Å². The van der Waals surface area contributed by atoms with Crippen molar-refractivity contribution in [1.29, 1.82) is 0 Å². The highest BCUT2D eigenvalue weighted by Crippen LogP contribution is 2.06. The van der Waals surface area contributed by atoms with Crippen molar-refractivity contribution in [2.24, 2.45) is 0 Å². The van der Waals surface area contributed by atoms with Crippen LogP contribution in [0.2, 0.25) is 0 Å². The third-order valence-electron chi connectivity index (χ3n) is 1.29. The summed E-state index contributed by atoms with van der Waals surface area (Å²) in [6.07, 6.45) is 3.25. The molecule has 0 saturated heterocycles. The van der Waals surface area contributed by atoms with Crippen molar-refractivity contribution in [2.75, 3.05) is 0 Å². The Balaban J connectivity index is 2.95. The highest BCUT2D eigenvalue weighted by molar-refractivity contribution is 5.92. The normalized spacial score (nSPS) is 10.5. The van der Waals surface area contributed by atoms with Gasteiger partial charge in [0.2, 0.25) is 0 Å². The topological polar surface area (TPSA) is 103 Å². The van der Waals surface area contributed by atoms with Crippen LogP contribution in [0.15, 0.2) is 12.3 Å². The lowest BCUT2D eigenvalue weighted by Crippen LogP contribution is -1.98. The first-order valence-electron chi connectivity index (χ1n) is 3.29. The maximum atomic E-state index is 10.5. The van der Waals surface area contributed by atoms with E-state index < -0.39 is 11.9 Å². The second-order valence-electron chi connectivity index (χ2n) is 2.18. The summed E-state index contributed by atoms with van der Waals surface area (Å²) in [4.78, 5) is 20.6. The van der Waals surface area contributed by atoms with Gasteiger partial charge in [-0.1, -0.05) is 0 Å². The van der Waals surface area contributed by atoms with Crippen LogP contribution in [-0.2, 0) is 4.79 Å². The van der Waals surface area contributed by atoms with Gasteiger partial charge in [-0.05, 0) is 6.08 Å². The molecular weight excluding hydrogens is 176 g/mol. The first-order chi connectivity index (χ1) is 6.11. The summed E-state index contributed by atoms with van der Waals surface area (Å²) in [6, 6.07) is 0. The van der Waals surface area contributed by atoms with Crippen LogP contribution in [-0.4, -0.2) is 32.3 Å². The Morgan fingerprint density at radius 3 is 2.69 bits per heavy atom. The first kappa shape index (κ1) is 8.98. The molecule has 1 aromatic heterocycles. The molecule has 0 aliphatic carbocycles. The number of nitrogens with one attached hydrogen (secondary N) is 1. The SMILES string of the molecule is O=C(O)C=Cc1cn[nH]c1C(=O)O. The van der Waals surface area contributed by atoms with Gasteiger partial charge in [-0.25, -0.2) is 9.59 Å². The summed E-state index contributed by atoms with van der Waals surface area (Å²) in [7, 11) is 0. The summed E-state index contributed by atoms with van der Waals surface area (Å²) in [5.74, 6) is -2.32. The zero-order valence-electron chi connectivity index (χ0n) is 6.39. The fourth-order valence-electron chi connectivity index (χ4n) is 0.754. The second-order valence-corrected chi connectivity index (χ2v) is 2.18. The Labute approximate surface area is 72.5 Å². The fourth-order valence-corrected chi connectivity index (χ4v) is 0.754. The number of rotatable bonds is 3. The minimum absolute atomic E-state index is 0.127. The molecule has 13 heavy (non-hydrogen) atoms. The highest BCUT2D eigenvalue weighted by Gasteiger charge is 2.09. The molecule has 0 saturated carbocycles. The van der Waals surface area contributed by atoms with Crippen LogP contribution in [0.25, 0.3) is 6.08 Å². The Kier molecular flexibility index (Phi) is 2.44. The summed E-state index contributed by atoms with van der Waals surface area (Å²) in [6.45, 7) is 0. The predicted octanol–water partition coefficient (Wildman–Crippen LogP) is 0.206. The Hall–Kier alpha value is -2.11. The van der Waals surface area contributed by atoms with Gasteiger partial charge in [0.15, 0.2) is 5.69 Å². The molecule has 6 heteroatoms. The Morgan fingerprint density at radius 1 is 1.46 bits per heavy atom. The van der Waals surface area contributed by atoms with E-state index in [0.29, 0.717) is 0 Å². The maximum absolute atomic E-state index is 10.5. The third-order valence-corrected chi connectivity index (χ3v) is 1.29. The average molecular weight is 182 g/mol. The van der Waals surface area contributed by atoms with Gasteiger partial charge in [0, 0.05) is 11.6 Å². The summed E-state index contributed by atoms with van der Waals surface area (Å²) >= 11 is 0. The number of carboxylic acid groups (broad SMARTS) is 2. The Bertz CT molecular complexity index is 366. The van der Waals surface area contributed by atoms with Crippen LogP contribution in [0.1, 0.15) is 16.1 Å². The molecule has 68 valence electrons. The van der Waals surface area contributed by atoms with Crippen LogP contribution in [0.5, 0.6) is 0 Å². The number of carbonyl (C=O) groups is 2. The monoisotopic (exact) mass is 182 g/mol. The quantitative estimate of drug-likeness (QED) is 0.579. The molecule has 0 aliphatic heterocycles. The van der Waals surface area contributed by atoms with Crippen LogP contribution in [0.4, 0.5) is 0 Å².